The minimum Gasteiger partial charge on any atom is -0.343 e. The topological polar surface area (TPSA) is 73.8 Å². The molecule has 0 spiro atoms. The van der Waals surface area contributed by atoms with Crippen molar-refractivity contribution in [2.75, 3.05) is 33.2 Å². The summed E-state index contributed by atoms with van der Waals surface area (Å²) in [5, 5.41) is 0. The number of piperidine rings is 1. The van der Waals surface area contributed by atoms with Gasteiger partial charge in [0.1, 0.15) is 0 Å². The number of nitrogens with zero attached hydrogens (tertiary/aromatic N) is 4. The molecule has 174 valence electrons. The Morgan fingerprint density at radius 3 is 2.55 bits per heavy atom. The molecular formula is C26H32N4O3. The fourth-order valence-corrected chi connectivity index (χ4v) is 4.72. The van der Waals surface area contributed by atoms with Gasteiger partial charge in [-0.2, -0.15) is 0 Å². The molecule has 33 heavy (non-hydrogen) atoms. The predicted molar refractivity (Wildman–Crippen MR) is 126 cm³/mol. The van der Waals surface area contributed by atoms with E-state index in [-0.39, 0.29) is 30.3 Å². The fraction of sp³-hybridized carbons (Fsp3) is 0.462. The van der Waals surface area contributed by atoms with E-state index in [1.807, 2.05) is 43.3 Å². The highest BCUT2D eigenvalue weighted by molar-refractivity contribution is 6.21. The van der Waals surface area contributed by atoms with Crippen molar-refractivity contribution in [1.82, 2.24) is 19.7 Å². The Hall–Kier alpha value is -3.06. The summed E-state index contributed by atoms with van der Waals surface area (Å²) in [7, 11) is 1.88. The molecule has 0 atom stereocenters. The second-order valence-corrected chi connectivity index (χ2v) is 9.06. The molecule has 1 saturated heterocycles. The van der Waals surface area contributed by atoms with Gasteiger partial charge in [0.15, 0.2) is 0 Å². The first-order valence-electron chi connectivity index (χ1n) is 11.8. The molecule has 0 radical (unpaired) electrons. The smallest absolute Gasteiger partial charge is 0.261 e. The van der Waals surface area contributed by atoms with Crippen LogP contribution in [0.25, 0.3) is 0 Å². The third-order valence-corrected chi connectivity index (χ3v) is 6.81. The van der Waals surface area contributed by atoms with Crippen LogP contribution in [0.5, 0.6) is 0 Å². The van der Waals surface area contributed by atoms with Gasteiger partial charge in [0.05, 0.1) is 11.1 Å². The van der Waals surface area contributed by atoms with Crippen LogP contribution in [0.2, 0.25) is 0 Å². The Labute approximate surface area is 195 Å². The zero-order chi connectivity index (χ0) is 23.4. The number of likely N-dealkylation sites (tertiary alicyclic amines) is 1. The van der Waals surface area contributed by atoms with E-state index in [1.165, 1.54) is 4.90 Å². The summed E-state index contributed by atoms with van der Waals surface area (Å²) in [4.78, 5) is 47.9. The number of benzene rings is 1. The summed E-state index contributed by atoms with van der Waals surface area (Å²) in [5.41, 5.74) is 3.00. The standard InChI is InChI=1S/C26H32N4O3/c1-19-8-9-22-23(18-19)26(33)30(25(22)32)14-5-7-24(31)28(2)21-11-16-29(17-12-21)15-10-20-6-3-4-13-27-20/h3-4,6,8-9,13,18,21H,5,7,10-12,14-17H2,1-2H3. The lowest BCUT2D eigenvalue weighted by Crippen LogP contribution is -2.46. The van der Waals surface area contributed by atoms with Gasteiger partial charge in [0, 0.05) is 64.0 Å². The lowest BCUT2D eigenvalue weighted by molar-refractivity contribution is -0.133. The number of rotatable bonds is 8. The maximum absolute atomic E-state index is 12.7. The molecule has 0 unspecified atom stereocenters. The molecule has 2 aliphatic heterocycles. The van der Waals surface area contributed by atoms with Crippen molar-refractivity contribution in [2.45, 2.75) is 45.1 Å². The molecule has 3 amide bonds. The Balaban J connectivity index is 1.19. The lowest BCUT2D eigenvalue weighted by atomic mass is 10.0. The zero-order valence-corrected chi connectivity index (χ0v) is 19.5. The number of aromatic nitrogens is 1. The largest absolute Gasteiger partial charge is 0.343 e. The number of hydrogen-bond acceptors (Lipinski definition) is 5. The number of carbonyl (C=O) groups excluding carboxylic acids is 3. The maximum atomic E-state index is 12.7. The van der Waals surface area contributed by atoms with Gasteiger partial charge in [0.25, 0.3) is 11.8 Å². The second kappa shape index (κ2) is 10.3. The van der Waals surface area contributed by atoms with Crippen molar-refractivity contribution in [2.24, 2.45) is 0 Å². The van der Waals surface area contributed by atoms with Crippen molar-refractivity contribution in [3.8, 4) is 0 Å². The van der Waals surface area contributed by atoms with E-state index in [2.05, 4.69) is 16.0 Å². The number of amides is 3. The van der Waals surface area contributed by atoms with Gasteiger partial charge in [-0.15, -0.1) is 0 Å². The van der Waals surface area contributed by atoms with E-state index in [0.29, 0.717) is 24.0 Å². The van der Waals surface area contributed by atoms with Crippen LogP contribution in [0.4, 0.5) is 0 Å². The van der Waals surface area contributed by atoms with Gasteiger partial charge in [-0.1, -0.05) is 17.7 Å². The van der Waals surface area contributed by atoms with E-state index in [0.717, 1.165) is 50.2 Å². The number of hydrogen-bond donors (Lipinski definition) is 0. The average Bonchev–Trinajstić information content (AvgIpc) is 3.07. The molecule has 0 N–H and O–H groups in total. The molecule has 1 aromatic heterocycles. The molecule has 2 aromatic rings. The zero-order valence-electron chi connectivity index (χ0n) is 19.5. The van der Waals surface area contributed by atoms with Gasteiger partial charge >= 0.3 is 0 Å². The highest BCUT2D eigenvalue weighted by atomic mass is 16.2. The monoisotopic (exact) mass is 448 g/mol. The van der Waals surface area contributed by atoms with Crippen molar-refractivity contribution >= 4 is 17.7 Å². The van der Waals surface area contributed by atoms with Crippen LogP contribution < -0.4 is 0 Å². The molecule has 1 aromatic carbocycles. The molecular weight excluding hydrogens is 416 g/mol. The normalized spacial score (nSPS) is 16.8. The van der Waals surface area contributed by atoms with Crippen LogP contribution in [0.15, 0.2) is 42.6 Å². The molecule has 7 heteroatoms. The highest BCUT2D eigenvalue weighted by Crippen LogP contribution is 2.24. The number of aryl methyl sites for hydroxylation is 1. The van der Waals surface area contributed by atoms with Crippen molar-refractivity contribution in [3.63, 3.8) is 0 Å². The molecule has 7 nitrogen and oxygen atoms in total. The number of carbonyl (C=O) groups is 3. The van der Waals surface area contributed by atoms with Crippen LogP contribution in [0, 0.1) is 6.92 Å². The minimum atomic E-state index is -0.256. The molecule has 1 fully saturated rings. The maximum Gasteiger partial charge on any atom is 0.261 e. The van der Waals surface area contributed by atoms with Gasteiger partial charge < -0.3 is 9.80 Å². The fourth-order valence-electron chi connectivity index (χ4n) is 4.72. The highest BCUT2D eigenvalue weighted by Gasteiger charge is 2.35. The number of fused-ring (bicyclic) bond motifs is 1. The SMILES string of the molecule is Cc1ccc2c(c1)C(=O)N(CCCC(=O)N(C)C1CCN(CCc3ccccn3)CC1)C2=O. The lowest BCUT2D eigenvalue weighted by Gasteiger charge is -2.36. The third kappa shape index (κ3) is 5.30. The van der Waals surface area contributed by atoms with Crippen molar-refractivity contribution < 1.29 is 14.4 Å². The van der Waals surface area contributed by atoms with Crippen LogP contribution in [-0.4, -0.2) is 76.7 Å². The summed E-state index contributed by atoms with van der Waals surface area (Å²) in [6.45, 7) is 5.12. The quantitative estimate of drug-likeness (QED) is 0.581. The van der Waals surface area contributed by atoms with Gasteiger partial charge in [-0.25, -0.2) is 0 Å². The number of imide groups is 1. The van der Waals surface area contributed by atoms with Crippen LogP contribution >= 0.6 is 0 Å². The molecule has 3 heterocycles. The Morgan fingerprint density at radius 1 is 1.06 bits per heavy atom. The molecule has 0 bridgehead atoms. The summed E-state index contributed by atoms with van der Waals surface area (Å²) in [5.74, 6) is -0.430. The third-order valence-electron chi connectivity index (χ3n) is 6.81. The van der Waals surface area contributed by atoms with E-state index in [1.54, 1.807) is 12.1 Å². The van der Waals surface area contributed by atoms with E-state index >= 15 is 0 Å². The van der Waals surface area contributed by atoms with Crippen LogP contribution in [0.3, 0.4) is 0 Å². The summed E-state index contributed by atoms with van der Waals surface area (Å²) < 4.78 is 0. The second-order valence-electron chi connectivity index (χ2n) is 9.06. The predicted octanol–water partition coefficient (Wildman–Crippen LogP) is 2.93. The van der Waals surface area contributed by atoms with Gasteiger partial charge in [-0.3, -0.25) is 24.3 Å². The van der Waals surface area contributed by atoms with Gasteiger partial charge in [-0.05, 0) is 50.5 Å². The minimum absolute atomic E-state index is 0.0781. The number of pyridine rings is 1. The van der Waals surface area contributed by atoms with E-state index < -0.39 is 0 Å². The van der Waals surface area contributed by atoms with Crippen LogP contribution in [0.1, 0.15) is 57.7 Å². The Bertz CT molecular complexity index is 1020. The van der Waals surface area contributed by atoms with E-state index in [4.69, 9.17) is 0 Å². The Morgan fingerprint density at radius 2 is 1.82 bits per heavy atom. The first-order valence-corrected chi connectivity index (χ1v) is 11.8. The molecule has 4 rings (SSSR count). The van der Waals surface area contributed by atoms with Crippen molar-refractivity contribution in [1.29, 1.82) is 0 Å². The summed E-state index contributed by atoms with van der Waals surface area (Å²) in [6, 6.07) is 11.6. The van der Waals surface area contributed by atoms with Gasteiger partial charge in [0.2, 0.25) is 5.91 Å². The first kappa shape index (κ1) is 23.1. The average molecular weight is 449 g/mol. The summed E-state index contributed by atoms with van der Waals surface area (Å²) >= 11 is 0. The van der Waals surface area contributed by atoms with Crippen LogP contribution in [-0.2, 0) is 11.2 Å². The summed E-state index contributed by atoms with van der Waals surface area (Å²) in [6.07, 6.45) is 5.51. The van der Waals surface area contributed by atoms with Crippen molar-refractivity contribution in [3.05, 3.63) is 65.0 Å². The molecule has 0 aliphatic carbocycles. The van der Waals surface area contributed by atoms with E-state index in [9.17, 15) is 14.4 Å². The molecule has 0 saturated carbocycles. The Kier molecular flexibility index (Phi) is 7.18. The molecule has 2 aliphatic rings. The first-order chi connectivity index (χ1) is 15.9.